The van der Waals surface area contributed by atoms with Gasteiger partial charge in [-0.25, -0.2) is 8.42 Å². The normalized spacial score (nSPS) is 12.2. The maximum atomic E-state index is 13.3. The van der Waals surface area contributed by atoms with E-state index >= 15 is 0 Å². The molecule has 1 atom stereocenters. The maximum Gasteiger partial charge on any atom is 0.242 e. The van der Waals surface area contributed by atoms with E-state index in [-0.39, 0.29) is 43.8 Å². The summed E-state index contributed by atoms with van der Waals surface area (Å²) in [6, 6.07) is 13.1. The second kappa shape index (κ2) is 12.8. The molecule has 1 unspecified atom stereocenters. The summed E-state index contributed by atoms with van der Waals surface area (Å²) in [6.07, 6.45) is 1.46. The Bertz CT molecular complexity index is 1120. The molecule has 2 rings (SSSR count). The van der Waals surface area contributed by atoms with E-state index in [1.165, 1.54) is 16.3 Å². The van der Waals surface area contributed by atoms with Gasteiger partial charge in [0.25, 0.3) is 0 Å². The number of rotatable bonds is 12. The Kier molecular flexibility index (Phi) is 10.4. The van der Waals surface area contributed by atoms with Crippen LogP contribution in [-0.2, 0) is 26.2 Å². The summed E-state index contributed by atoms with van der Waals surface area (Å²) in [5.41, 5.74) is 1.25. The molecule has 0 saturated carbocycles. The number of nitrogens with one attached hydrogen (secondary N) is 1. The van der Waals surface area contributed by atoms with Crippen LogP contribution < -0.4 is 14.4 Å². The van der Waals surface area contributed by atoms with Gasteiger partial charge >= 0.3 is 0 Å². The van der Waals surface area contributed by atoms with Gasteiger partial charge in [0.2, 0.25) is 21.8 Å². The minimum atomic E-state index is -3.58. The molecule has 2 aromatic carbocycles. The highest BCUT2D eigenvalue weighted by molar-refractivity contribution is 7.92. The number of ether oxygens (including phenoxy) is 1. The average Bonchev–Trinajstić information content (AvgIpc) is 2.78. The lowest BCUT2D eigenvalue weighted by molar-refractivity contribution is -0.140. The Morgan fingerprint density at radius 2 is 1.77 bits per heavy atom. The molecule has 35 heavy (non-hydrogen) atoms. The highest BCUT2D eigenvalue weighted by atomic mass is 35.5. The average molecular weight is 524 g/mol. The second-order valence-corrected chi connectivity index (χ2v) is 11.0. The molecule has 2 amide bonds. The Morgan fingerprint density at radius 3 is 2.37 bits per heavy atom. The van der Waals surface area contributed by atoms with Crippen LogP contribution in [0.2, 0.25) is 5.02 Å². The Hall–Kier alpha value is -2.78. The first-order valence-electron chi connectivity index (χ1n) is 11.4. The molecule has 2 aromatic rings. The van der Waals surface area contributed by atoms with Crippen molar-refractivity contribution < 1.29 is 22.7 Å². The summed E-state index contributed by atoms with van der Waals surface area (Å²) >= 11 is 6.11. The zero-order valence-corrected chi connectivity index (χ0v) is 22.4. The van der Waals surface area contributed by atoms with Crippen LogP contribution in [0.1, 0.15) is 39.2 Å². The molecule has 1 N–H and O–H groups in total. The van der Waals surface area contributed by atoms with Gasteiger partial charge in [-0.15, -0.1) is 0 Å². The highest BCUT2D eigenvalue weighted by Gasteiger charge is 2.27. The quantitative estimate of drug-likeness (QED) is 0.456. The fourth-order valence-corrected chi connectivity index (χ4v) is 4.76. The number of hydrogen-bond acceptors (Lipinski definition) is 5. The summed E-state index contributed by atoms with van der Waals surface area (Å²) in [5.74, 6) is 0.0184. The summed E-state index contributed by atoms with van der Waals surface area (Å²) in [4.78, 5) is 27.4. The number of halogens is 1. The van der Waals surface area contributed by atoms with Gasteiger partial charge in [0.15, 0.2) is 0 Å². The van der Waals surface area contributed by atoms with Crippen LogP contribution in [0.5, 0.6) is 5.75 Å². The van der Waals surface area contributed by atoms with Crippen molar-refractivity contribution in [2.24, 2.45) is 0 Å². The first-order valence-corrected chi connectivity index (χ1v) is 13.6. The van der Waals surface area contributed by atoms with Gasteiger partial charge in [-0.3, -0.25) is 13.9 Å². The van der Waals surface area contributed by atoms with Crippen molar-refractivity contribution >= 4 is 39.1 Å². The van der Waals surface area contributed by atoms with Gasteiger partial charge in [-0.1, -0.05) is 29.8 Å². The Morgan fingerprint density at radius 1 is 1.09 bits per heavy atom. The number of sulfonamides is 1. The Labute approximate surface area is 213 Å². The van der Waals surface area contributed by atoms with Crippen LogP contribution in [0.15, 0.2) is 48.5 Å². The molecule has 0 aromatic heterocycles. The number of amides is 2. The maximum absolute atomic E-state index is 13.3. The zero-order chi connectivity index (χ0) is 26.2. The van der Waals surface area contributed by atoms with E-state index in [0.29, 0.717) is 16.5 Å². The van der Waals surface area contributed by atoms with Gasteiger partial charge in [-0.05, 0) is 57.0 Å². The third kappa shape index (κ3) is 8.74. The molecular formula is C25H34ClN3O5S. The molecule has 8 nitrogen and oxygen atoms in total. The lowest BCUT2D eigenvalue weighted by Crippen LogP contribution is -2.49. The van der Waals surface area contributed by atoms with Crippen LogP contribution in [0.25, 0.3) is 0 Å². The van der Waals surface area contributed by atoms with Gasteiger partial charge in [0.1, 0.15) is 11.8 Å². The number of carbonyl (C=O) groups excluding carboxylic acids is 2. The van der Waals surface area contributed by atoms with Crippen molar-refractivity contribution in [1.29, 1.82) is 0 Å². The third-order valence-corrected chi connectivity index (χ3v) is 6.76. The molecule has 0 fully saturated rings. The summed E-state index contributed by atoms with van der Waals surface area (Å²) in [6.45, 7) is 5.70. The molecule has 0 aliphatic heterocycles. The van der Waals surface area contributed by atoms with E-state index in [9.17, 15) is 18.0 Å². The lowest BCUT2D eigenvalue weighted by atomic mass is 10.1. The van der Waals surface area contributed by atoms with Crippen LogP contribution in [-0.4, -0.2) is 57.1 Å². The number of hydrogen-bond donors (Lipinski definition) is 1. The molecule has 192 valence electrons. The van der Waals surface area contributed by atoms with Crippen molar-refractivity contribution in [3.8, 4) is 5.75 Å². The first kappa shape index (κ1) is 28.5. The lowest BCUT2D eigenvalue weighted by Gasteiger charge is -2.30. The minimum absolute atomic E-state index is 0.0653. The molecular weight excluding hydrogens is 490 g/mol. The standard InChI is InChI=1S/C25H34ClN3O5S/c1-18(2)27-25(31)19(3)28(17-20-9-6-10-21(26)15-20)24(30)13-8-14-29(35(5,32)33)22-11-7-12-23(16-22)34-4/h6-7,9-12,15-16,18-19H,8,13-14,17H2,1-5H3,(H,27,31). The predicted molar refractivity (Wildman–Crippen MR) is 139 cm³/mol. The SMILES string of the molecule is COc1cccc(N(CCCC(=O)N(Cc2cccc(Cl)c2)C(C)C(=O)NC(C)C)S(C)(=O)=O)c1. The molecule has 0 heterocycles. The number of benzene rings is 2. The number of carbonyl (C=O) groups is 2. The monoisotopic (exact) mass is 523 g/mol. The second-order valence-electron chi connectivity index (χ2n) is 8.63. The van der Waals surface area contributed by atoms with Gasteiger partial charge in [-0.2, -0.15) is 0 Å². The van der Waals surface area contributed by atoms with Crippen molar-refractivity contribution in [2.75, 3.05) is 24.2 Å². The van der Waals surface area contributed by atoms with E-state index in [1.54, 1.807) is 49.4 Å². The minimum Gasteiger partial charge on any atom is -0.497 e. The molecule has 0 bridgehead atoms. The molecule has 0 aliphatic carbocycles. The fraction of sp³-hybridized carbons (Fsp3) is 0.440. The van der Waals surface area contributed by atoms with Crippen molar-refractivity contribution in [2.45, 2.75) is 52.2 Å². The fourth-order valence-electron chi connectivity index (χ4n) is 3.59. The van der Waals surface area contributed by atoms with E-state index in [4.69, 9.17) is 16.3 Å². The third-order valence-electron chi connectivity index (χ3n) is 5.33. The topological polar surface area (TPSA) is 96.0 Å². The molecule has 0 aliphatic rings. The van der Waals surface area contributed by atoms with Crippen LogP contribution in [0, 0.1) is 0 Å². The van der Waals surface area contributed by atoms with E-state index in [2.05, 4.69) is 5.32 Å². The first-order chi connectivity index (χ1) is 16.4. The molecule has 0 saturated heterocycles. The summed E-state index contributed by atoms with van der Waals surface area (Å²) < 4.78 is 31.3. The largest absolute Gasteiger partial charge is 0.497 e. The van der Waals surface area contributed by atoms with Gasteiger partial charge in [0.05, 0.1) is 19.1 Å². The molecule has 0 radical (unpaired) electrons. The van der Waals surface area contributed by atoms with Crippen LogP contribution in [0.3, 0.4) is 0 Å². The van der Waals surface area contributed by atoms with Crippen molar-refractivity contribution in [3.63, 3.8) is 0 Å². The van der Waals surface area contributed by atoms with Crippen LogP contribution in [0.4, 0.5) is 5.69 Å². The number of nitrogens with zero attached hydrogens (tertiary/aromatic N) is 2. The van der Waals surface area contributed by atoms with E-state index in [1.807, 2.05) is 19.9 Å². The van der Waals surface area contributed by atoms with Crippen LogP contribution >= 0.6 is 11.6 Å². The highest BCUT2D eigenvalue weighted by Crippen LogP contribution is 2.24. The molecule has 0 spiro atoms. The summed E-state index contributed by atoms with van der Waals surface area (Å²) in [5, 5.41) is 3.38. The predicted octanol–water partition coefficient (Wildman–Crippen LogP) is 3.84. The van der Waals surface area contributed by atoms with E-state index < -0.39 is 16.1 Å². The van der Waals surface area contributed by atoms with Gasteiger partial charge < -0.3 is 15.0 Å². The number of anilines is 1. The Balaban J connectivity index is 2.18. The zero-order valence-electron chi connectivity index (χ0n) is 20.8. The van der Waals surface area contributed by atoms with E-state index in [0.717, 1.165) is 11.8 Å². The molecule has 10 heteroatoms. The number of methoxy groups -OCH3 is 1. The summed E-state index contributed by atoms with van der Waals surface area (Å²) in [7, 11) is -2.08. The van der Waals surface area contributed by atoms with Crippen molar-refractivity contribution in [1.82, 2.24) is 10.2 Å². The van der Waals surface area contributed by atoms with Gasteiger partial charge in [0, 0.05) is 36.6 Å². The van der Waals surface area contributed by atoms with Crippen molar-refractivity contribution in [3.05, 3.63) is 59.1 Å². The smallest absolute Gasteiger partial charge is 0.242 e.